The zero-order valence-corrected chi connectivity index (χ0v) is 14.5. The highest BCUT2D eigenvalue weighted by atomic mass is 16.6. The van der Waals surface area contributed by atoms with Gasteiger partial charge in [0.05, 0.1) is 18.4 Å². The second-order valence-corrected chi connectivity index (χ2v) is 5.75. The lowest BCUT2D eigenvalue weighted by Crippen LogP contribution is -2.24. The molecule has 0 radical (unpaired) electrons. The number of ketones is 1. The van der Waals surface area contributed by atoms with Gasteiger partial charge in [0.15, 0.2) is 5.78 Å². The predicted molar refractivity (Wildman–Crippen MR) is 93.6 cm³/mol. The van der Waals surface area contributed by atoms with Crippen LogP contribution < -0.4 is 4.74 Å². The van der Waals surface area contributed by atoms with Crippen LogP contribution in [-0.4, -0.2) is 30.3 Å². The zero-order valence-electron chi connectivity index (χ0n) is 14.5. The van der Waals surface area contributed by atoms with Crippen molar-refractivity contribution in [3.8, 4) is 5.75 Å². The predicted octanol–water partition coefficient (Wildman–Crippen LogP) is 4.15. The molecule has 0 fully saturated rings. The number of rotatable bonds is 7. The van der Waals surface area contributed by atoms with Gasteiger partial charge in [-0.3, -0.25) is 4.79 Å². The van der Waals surface area contributed by atoms with Crippen LogP contribution in [0.25, 0.3) is 0 Å². The molecule has 0 aromatic heterocycles. The Kier molecular flexibility index (Phi) is 6.41. The number of hydrogen-bond donors (Lipinski definition) is 1. The molecular weight excluding hydrogens is 306 g/mol. The van der Waals surface area contributed by atoms with Gasteiger partial charge in [-0.15, -0.1) is 0 Å². The Balaban J connectivity index is 2.40. The minimum absolute atomic E-state index is 0.0656. The molecule has 1 aliphatic carbocycles. The molecule has 24 heavy (non-hydrogen) atoms. The van der Waals surface area contributed by atoms with Crippen LogP contribution in [0, 0.1) is 0 Å². The molecule has 0 aliphatic heterocycles. The quantitative estimate of drug-likeness (QED) is 0.602. The third kappa shape index (κ3) is 3.96. The number of carbonyl (C=O) groups is 1. The number of hydrogen-bond acceptors (Lipinski definition) is 5. The highest BCUT2D eigenvalue weighted by Crippen LogP contribution is 2.36. The molecule has 1 N–H and O–H groups in total. The Bertz CT molecular complexity index is 631. The van der Waals surface area contributed by atoms with Gasteiger partial charge >= 0.3 is 0 Å². The summed E-state index contributed by atoms with van der Waals surface area (Å²) in [7, 11) is 1.62. The Morgan fingerprint density at radius 3 is 2.58 bits per heavy atom. The molecule has 1 aliphatic rings. The standard InChI is InChI=1S/C19H25NO4/c1-4-6-16(20-24-5-2)18-17(21)12-11-15(19(18)22)13-7-9-14(23-3)10-8-13/h7-10,15,22H,4-6,11-12H2,1-3H3. The number of Topliss-reactive ketones (excluding diaryl/α,β-unsaturated/α-hetero) is 1. The summed E-state index contributed by atoms with van der Waals surface area (Å²) in [5.41, 5.74) is 1.84. The number of ether oxygens (including phenoxy) is 1. The Hall–Kier alpha value is -2.30. The van der Waals surface area contributed by atoms with Crippen molar-refractivity contribution in [3.63, 3.8) is 0 Å². The maximum absolute atomic E-state index is 12.4. The lowest BCUT2D eigenvalue weighted by molar-refractivity contribution is -0.116. The number of nitrogens with zero attached hydrogens (tertiary/aromatic N) is 1. The fourth-order valence-electron chi connectivity index (χ4n) is 2.92. The Morgan fingerprint density at radius 2 is 2.00 bits per heavy atom. The molecule has 5 nitrogen and oxygen atoms in total. The van der Waals surface area contributed by atoms with E-state index in [1.807, 2.05) is 38.1 Å². The van der Waals surface area contributed by atoms with Crippen LogP contribution in [0.5, 0.6) is 5.75 Å². The zero-order chi connectivity index (χ0) is 17.5. The van der Waals surface area contributed by atoms with E-state index in [1.54, 1.807) is 7.11 Å². The van der Waals surface area contributed by atoms with E-state index in [2.05, 4.69) is 5.16 Å². The second-order valence-electron chi connectivity index (χ2n) is 5.75. The lowest BCUT2D eigenvalue weighted by atomic mass is 9.81. The third-order valence-corrected chi connectivity index (χ3v) is 4.12. The van der Waals surface area contributed by atoms with Crippen molar-refractivity contribution in [3.05, 3.63) is 41.2 Å². The number of aliphatic hydroxyl groups excluding tert-OH is 1. The van der Waals surface area contributed by atoms with Gasteiger partial charge in [0.2, 0.25) is 0 Å². The summed E-state index contributed by atoms with van der Waals surface area (Å²) < 4.78 is 5.17. The molecule has 0 amide bonds. The molecule has 1 aromatic rings. The number of methoxy groups -OCH3 is 1. The van der Waals surface area contributed by atoms with Crippen molar-refractivity contribution in [2.45, 2.75) is 45.4 Å². The van der Waals surface area contributed by atoms with Crippen molar-refractivity contribution in [2.75, 3.05) is 13.7 Å². The largest absolute Gasteiger partial charge is 0.511 e. The Morgan fingerprint density at radius 1 is 1.29 bits per heavy atom. The van der Waals surface area contributed by atoms with E-state index < -0.39 is 0 Å². The molecule has 0 bridgehead atoms. The maximum atomic E-state index is 12.4. The molecular formula is C19H25NO4. The molecule has 1 atom stereocenters. The monoisotopic (exact) mass is 331 g/mol. The highest BCUT2D eigenvalue weighted by Gasteiger charge is 2.32. The van der Waals surface area contributed by atoms with E-state index in [0.717, 1.165) is 17.7 Å². The van der Waals surface area contributed by atoms with Gasteiger partial charge in [0.1, 0.15) is 18.1 Å². The number of oxime groups is 1. The van der Waals surface area contributed by atoms with Crippen molar-refractivity contribution < 1.29 is 19.5 Å². The molecule has 0 saturated carbocycles. The molecule has 0 saturated heterocycles. The first-order chi connectivity index (χ1) is 11.6. The van der Waals surface area contributed by atoms with Crippen LogP contribution >= 0.6 is 0 Å². The van der Waals surface area contributed by atoms with E-state index in [-0.39, 0.29) is 17.5 Å². The smallest absolute Gasteiger partial charge is 0.168 e. The van der Waals surface area contributed by atoms with Crippen molar-refractivity contribution in [1.29, 1.82) is 0 Å². The number of benzene rings is 1. The first-order valence-corrected chi connectivity index (χ1v) is 8.41. The number of allylic oxidation sites excluding steroid dienone is 2. The topological polar surface area (TPSA) is 68.1 Å². The normalized spacial score (nSPS) is 18.7. The van der Waals surface area contributed by atoms with Crippen LogP contribution in [-0.2, 0) is 9.63 Å². The van der Waals surface area contributed by atoms with Crippen LogP contribution in [0.4, 0.5) is 0 Å². The number of carbonyl (C=O) groups excluding carboxylic acids is 1. The van der Waals surface area contributed by atoms with Crippen molar-refractivity contribution >= 4 is 11.5 Å². The summed E-state index contributed by atoms with van der Waals surface area (Å²) in [5.74, 6) is 0.596. The van der Waals surface area contributed by atoms with Gasteiger partial charge < -0.3 is 14.7 Å². The van der Waals surface area contributed by atoms with Gasteiger partial charge in [-0.1, -0.05) is 30.6 Å². The number of aliphatic hydroxyl groups is 1. The molecule has 2 rings (SSSR count). The van der Waals surface area contributed by atoms with E-state index in [1.165, 1.54) is 0 Å². The summed E-state index contributed by atoms with van der Waals surface area (Å²) in [5, 5.41) is 14.8. The molecule has 0 heterocycles. The SMILES string of the molecule is CCCC(=NOCC)C1=C(O)C(c2ccc(OC)cc2)CCC1=O. The summed E-state index contributed by atoms with van der Waals surface area (Å²) in [6, 6.07) is 7.57. The summed E-state index contributed by atoms with van der Waals surface area (Å²) in [4.78, 5) is 17.5. The average Bonchev–Trinajstić information content (AvgIpc) is 2.60. The first-order valence-electron chi connectivity index (χ1n) is 8.41. The minimum Gasteiger partial charge on any atom is -0.511 e. The summed E-state index contributed by atoms with van der Waals surface area (Å²) >= 11 is 0. The molecule has 5 heteroatoms. The van der Waals surface area contributed by atoms with Gasteiger partial charge in [0.25, 0.3) is 0 Å². The Labute approximate surface area is 143 Å². The van der Waals surface area contributed by atoms with Crippen LogP contribution in [0.15, 0.2) is 40.8 Å². The van der Waals surface area contributed by atoms with Gasteiger partial charge in [-0.25, -0.2) is 0 Å². The van der Waals surface area contributed by atoms with Crippen LogP contribution in [0.1, 0.15) is 51.0 Å². The summed E-state index contributed by atoms with van der Waals surface area (Å²) in [6.07, 6.45) is 2.41. The summed E-state index contributed by atoms with van der Waals surface area (Å²) in [6.45, 7) is 4.27. The van der Waals surface area contributed by atoms with Gasteiger partial charge in [-0.2, -0.15) is 0 Å². The van der Waals surface area contributed by atoms with Crippen LogP contribution in [0.2, 0.25) is 0 Å². The fraction of sp³-hybridized carbons (Fsp3) is 0.474. The van der Waals surface area contributed by atoms with Gasteiger partial charge in [-0.05, 0) is 37.5 Å². The van der Waals surface area contributed by atoms with E-state index in [0.29, 0.717) is 37.2 Å². The molecule has 1 aromatic carbocycles. The highest BCUT2D eigenvalue weighted by molar-refractivity contribution is 6.23. The maximum Gasteiger partial charge on any atom is 0.168 e. The van der Waals surface area contributed by atoms with Gasteiger partial charge in [0, 0.05) is 12.3 Å². The van der Waals surface area contributed by atoms with E-state index in [4.69, 9.17) is 9.57 Å². The molecule has 130 valence electrons. The van der Waals surface area contributed by atoms with E-state index in [9.17, 15) is 9.90 Å². The first kappa shape index (κ1) is 18.0. The average molecular weight is 331 g/mol. The van der Waals surface area contributed by atoms with E-state index >= 15 is 0 Å². The second kappa shape index (κ2) is 8.52. The minimum atomic E-state index is -0.202. The van der Waals surface area contributed by atoms with Crippen molar-refractivity contribution in [1.82, 2.24) is 0 Å². The fourth-order valence-corrected chi connectivity index (χ4v) is 2.92. The molecule has 0 spiro atoms. The third-order valence-electron chi connectivity index (χ3n) is 4.12. The molecule has 1 unspecified atom stereocenters. The van der Waals surface area contributed by atoms with Crippen molar-refractivity contribution in [2.24, 2.45) is 5.16 Å². The lowest BCUT2D eigenvalue weighted by Gasteiger charge is -2.25. The van der Waals surface area contributed by atoms with Crippen LogP contribution in [0.3, 0.4) is 0 Å².